The highest BCUT2D eigenvalue weighted by molar-refractivity contribution is 7.52. The smallest absolute Gasteiger partial charge is 0.459 e. The summed E-state index contributed by atoms with van der Waals surface area (Å²) in [6.07, 6.45) is 3.06. The molecule has 8 rings (SSSR count). The van der Waals surface area contributed by atoms with Gasteiger partial charge in [-0.1, -0.05) is 133 Å². The Morgan fingerprint density at radius 3 is 1.66 bits per heavy atom. The predicted molar refractivity (Wildman–Crippen MR) is 282 cm³/mol. The average molecular weight is 1040 g/mol. The number of nitrogens with zero attached hydrogens (tertiary/aromatic N) is 5. The number of hydrogen-bond acceptors (Lipinski definition) is 14. The SMILES string of the molecule is C[C@H](NP(=O)(OCC(CCn1cnc2c(=O)[nH]c(/N=C/N(C)C)nc21)COP(=O)(N[C@@H](C)C(=O)OCc1ccccc1)Oc1cccc2ccccc12)Oc1cccc2ccccc12)C(=O)OCc1ccccc1. The van der Waals surface area contributed by atoms with Crippen molar-refractivity contribution < 1.29 is 46.3 Å². The van der Waals surface area contributed by atoms with Crippen LogP contribution >= 0.6 is 15.5 Å². The third-order valence-corrected chi connectivity index (χ3v) is 14.7. The zero-order valence-electron chi connectivity index (χ0n) is 41.1. The van der Waals surface area contributed by atoms with E-state index in [2.05, 4.69) is 30.1 Å². The van der Waals surface area contributed by atoms with Crippen LogP contribution in [-0.2, 0) is 57.0 Å². The van der Waals surface area contributed by atoms with Crippen LogP contribution in [0.15, 0.2) is 162 Å². The average Bonchev–Trinajstić information content (AvgIpc) is 3.82. The van der Waals surface area contributed by atoms with Crippen LogP contribution in [0.4, 0.5) is 5.95 Å². The molecule has 8 aromatic rings. The molecule has 0 spiro atoms. The molecular weight excluding hydrogens is 987 g/mol. The van der Waals surface area contributed by atoms with Crippen LogP contribution in [-0.4, -0.2) is 82.1 Å². The zero-order valence-corrected chi connectivity index (χ0v) is 42.9. The van der Waals surface area contributed by atoms with Crippen molar-refractivity contribution in [2.45, 2.75) is 52.1 Å². The molecule has 0 aliphatic heterocycles. The van der Waals surface area contributed by atoms with Gasteiger partial charge in [-0.05, 0) is 54.3 Å². The van der Waals surface area contributed by atoms with Crippen LogP contribution in [0, 0.1) is 5.92 Å². The Morgan fingerprint density at radius 2 is 1.16 bits per heavy atom. The molecule has 2 aromatic heterocycles. The number of carbonyl (C=O) groups excluding carboxylic acids is 2. The Hall–Kier alpha value is -7.50. The molecule has 0 aliphatic rings. The van der Waals surface area contributed by atoms with Gasteiger partial charge in [0.2, 0.25) is 5.95 Å². The fourth-order valence-electron chi connectivity index (χ4n) is 7.56. The molecule has 21 heteroatoms. The summed E-state index contributed by atoms with van der Waals surface area (Å²) in [5.74, 6) is -1.82. The maximum absolute atomic E-state index is 15.2. The van der Waals surface area contributed by atoms with Gasteiger partial charge >= 0.3 is 27.4 Å². The van der Waals surface area contributed by atoms with Gasteiger partial charge in [-0.15, -0.1) is 0 Å². The first-order chi connectivity index (χ1) is 35.7. The number of fused-ring (bicyclic) bond motifs is 3. The number of benzene rings is 6. The van der Waals surface area contributed by atoms with E-state index in [0.717, 1.165) is 21.9 Å². The number of imidazole rings is 1. The van der Waals surface area contributed by atoms with Gasteiger partial charge in [-0.3, -0.25) is 28.4 Å². The highest BCUT2D eigenvalue weighted by Crippen LogP contribution is 2.49. The Balaban J connectivity index is 1.10. The van der Waals surface area contributed by atoms with Gasteiger partial charge < -0.3 is 28.0 Å². The van der Waals surface area contributed by atoms with Crippen LogP contribution in [0.3, 0.4) is 0 Å². The summed E-state index contributed by atoms with van der Waals surface area (Å²) >= 11 is 0. The summed E-state index contributed by atoms with van der Waals surface area (Å²) in [5, 5.41) is 8.39. The number of aliphatic imine (C=N–C) groups is 1. The molecule has 19 nitrogen and oxygen atoms in total. The van der Waals surface area contributed by atoms with E-state index in [0.29, 0.717) is 10.8 Å². The molecule has 0 amide bonds. The standard InChI is InChI=1S/C53H56N8O11P2/c1-37(51(63)67-31-39-17-7-5-8-18-39)58-73(65,71-46-27-15-23-42-21-11-13-25-44(42)46)69-33-41(29-30-61-36-54-48-49(61)56-53(57-50(48)62)55-35-60(3)4)34-70-74(66,72-47-28-16-24-43-22-12-14-26-45(43)47)59-38(2)52(64)68-32-40-19-9-6-10-20-40/h5-28,35-38,41H,29-34H2,1-4H3,(H,58,65)(H,59,66)(H,56,57,62)/b55-35+/t37-,38-,41?,73?,74?/m0/s1. The van der Waals surface area contributed by atoms with Gasteiger partial charge in [-0.25, -0.2) is 19.1 Å². The third kappa shape index (κ3) is 14.2. The van der Waals surface area contributed by atoms with E-state index in [1.54, 1.807) is 60.0 Å². The number of carbonyl (C=O) groups is 2. The molecule has 6 aromatic carbocycles. The molecular formula is C53H56N8O11P2. The minimum Gasteiger partial charge on any atom is -0.460 e. The molecule has 0 radical (unpaired) electrons. The summed E-state index contributed by atoms with van der Waals surface area (Å²) < 4.78 is 68.4. The lowest BCUT2D eigenvalue weighted by Crippen LogP contribution is -2.36. The number of aromatic amines is 1. The van der Waals surface area contributed by atoms with E-state index < -0.39 is 64.2 Å². The molecule has 0 saturated carbocycles. The van der Waals surface area contributed by atoms with Crippen LogP contribution in [0.5, 0.6) is 11.5 Å². The number of aryl methyl sites for hydroxylation is 1. The quantitative estimate of drug-likeness (QED) is 0.0210. The van der Waals surface area contributed by atoms with Gasteiger partial charge in [-0.2, -0.15) is 15.2 Å². The lowest BCUT2D eigenvalue weighted by atomic mass is 10.1. The van der Waals surface area contributed by atoms with E-state index in [4.69, 9.17) is 27.6 Å². The molecule has 3 N–H and O–H groups in total. The molecule has 0 bridgehead atoms. The number of hydrogen-bond donors (Lipinski definition) is 3. The van der Waals surface area contributed by atoms with Gasteiger partial charge in [0.15, 0.2) is 11.2 Å². The molecule has 74 heavy (non-hydrogen) atoms. The normalized spacial score (nSPS) is 14.5. The van der Waals surface area contributed by atoms with Gasteiger partial charge in [0, 0.05) is 37.3 Å². The second kappa shape index (κ2) is 24.5. The number of nitrogens with one attached hydrogen (secondary N) is 3. The van der Waals surface area contributed by atoms with Crippen LogP contribution < -0.4 is 24.8 Å². The number of aromatic nitrogens is 4. The molecule has 384 valence electrons. The van der Waals surface area contributed by atoms with E-state index >= 15 is 9.13 Å². The van der Waals surface area contributed by atoms with Crippen molar-refractivity contribution in [1.29, 1.82) is 0 Å². The lowest BCUT2D eigenvalue weighted by Gasteiger charge is -2.27. The fourth-order valence-corrected chi connectivity index (χ4v) is 10.7. The monoisotopic (exact) mass is 1040 g/mol. The molecule has 0 fully saturated rings. The lowest BCUT2D eigenvalue weighted by molar-refractivity contribution is -0.147. The summed E-state index contributed by atoms with van der Waals surface area (Å²) in [4.78, 5) is 57.5. The number of ether oxygens (including phenoxy) is 2. The summed E-state index contributed by atoms with van der Waals surface area (Å²) in [7, 11) is -5.56. The van der Waals surface area contributed by atoms with Gasteiger partial charge in [0.05, 0.1) is 25.9 Å². The van der Waals surface area contributed by atoms with Crippen molar-refractivity contribution in [1.82, 2.24) is 34.6 Å². The zero-order chi connectivity index (χ0) is 52.1. The Morgan fingerprint density at radius 1 is 0.689 bits per heavy atom. The topological polar surface area (TPSA) is 227 Å². The largest absolute Gasteiger partial charge is 0.460 e. The third-order valence-electron chi connectivity index (χ3n) is 11.4. The molecule has 2 heterocycles. The van der Waals surface area contributed by atoms with Crippen molar-refractivity contribution in [2.75, 3.05) is 27.3 Å². The van der Waals surface area contributed by atoms with Crippen molar-refractivity contribution in [2.24, 2.45) is 10.9 Å². The van der Waals surface area contributed by atoms with Crippen molar-refractivity contribution >= 4 is 72.4 Å². The minimum atomic E-state index is -4.55. The predicted octanol–water partition coefficient (Wildman–Crippen LogP) is 9.50. The maximum atomic E-state index is 15.2. The van der Waals surface area contributed by atoms with Gasteiger partial charge in [0.1, 0.15) is 36.8 Å². The second-order valence-electron chi connectivity index (χ2n) is 17.5. The highest BCUT2D eigenvalue weighted by Gasteiger charge is 2.37. The Kier molecular flexibility index (Phi) is 17.5. The minimum absolute atomic E-state index is 0.0358. The first kappa shape index (κ1) is 52.8. The molecule has 0 aliphatic carbocycles. The molecule has 4 atom stereocenters. The van der Waals surface area contributed by atoms with Crippen molar-refractivity contribution in [3.05, 3.63) is 173 Å². The van der Waals surface area contributed by atoms with Crippen molar-refractivity contribution in [3.63, 3.8) is 0 Å². The first-order valence-electron chi connectivity index (χ1n) is 23.7. The highest BCUT2D eigenvalue weighted by atomic mass is 31.2. The van der Waals surface area contributed by atoms with Gasteiger partial charge in [0.25, 0.3) is 5.56 Å². The van der Waals surface area contributed by atoms with E-state index in [-0.39, 0.29) is 54.8 Å². The Labute approximate surface area is 427 Å². The first-order valence-corrected chi connectivity index (χ1v) is 26.8. The molecule has 2 unspecified atom stereocenters. The van der Waals surface area contributed by atoms with Crippen LogP contribution in [0.1, 0.15) is 31.4 Å². The second-order valence-corrected chi connectivity index (χ2v) is 20.9. The van der Waals surface area contributed by atoms with Crippen LogP contribution in [0.25, 0.3) is 32.7 Å². The Bertz CT molecular complexity index is 3220. The summed E-state index contributed by atoms with van der Waals surface area (Å²) in [5.41, 5.74) is 1.28. The number of rotatable bonds is 25. The molecule has 0 saturated heterocycles. The maximum Gasteiger partial charge on any atom is 0.459 e. The fraction of sp³-hybridized carbons (Fsp3) is 0.245. The van der Waals surface area contributed by atoms with Crippen molar-refractivity contribution in [3.8, 4) is 11.5 Å². The van der Waals surface area contributed by atoms with E-state index in [1.165, 1.54) is 26.5 Å². The summed E-state index contributed by atoms with van der Waals surface area (Å²) in [6, 6.07) is 40.9. The summed E-state index contributed by atoms with van der Waals surface area (Å²) in [6.45, 7) is 2.20. The number of H-pyrrole nitrogens is 1. The van der Waals surface area contributed by atoms with E-state index in [9.17, 15) is 14.4 Å². The van der Waals surface area contributed by atoms with Crippen LogP contribution in [0.2, 0.25) is 0 Å². The number of esters is 2. The van der Waals surface area contributed by atoms with E-state index in [1.807, 2.05) is 109 Å².